The maximum atomic E-state index is 12.8. The van der Waals surface area contributed by atoms with Crippen molar-refractivity contribution in [1.82, 2.24) is 15.2 Å². The van der Waals surface area contributed by atoms with Crippen LogP contribution in [0.25, 0.3) is 10.8 Å². The fourth-order valence-corrected chi connectivity index (χ4v) is 4.53. The average Bonchev–Trinajstić information content (AvgIpc) is 2.70. The molecule has 2 atom stereocenters. The topological polar surface area (TPSA) is 76.3 Å². The van der Waals surface area contributed by atoms with Crippen molar-refractivity contribution in [3.63, 3.8) is 0 Å². The summed E-state index contributed by atoms with van der Waals surface area (Å²) in [5.74, 6) is 0.871. The zero-order valence-corrected chi connectivity index (χ0v) is 16.6. The summed E-state index contributed by atoms with van der Waals surface area (Å²) in [6.07, 6.45) is 7.04. The van der Waals surface area contributed by atoms with Gasteiger partial charge in [-0.15, -0.1) is 0 Å². The SMILES string of the molecule is CCCn1nc(C(=O)N/N=C/C2=CCC3CC2C3(C)C)c2ccccc2c1=O. The monoisotopic (exact) mass is 378 g/mol. The lowest BCUT2D eigenvalue weighted by molar-refractivity contribution is -0.00126. The molecule has 6 heteroatoms. The van der Waals surface area contributed by atoms with Gasteiger partial charge in [0.15, 0.2) is 5.69 Å². The molecular weight excluding hydrogens is 352 g/mol. The first kappa shape index (κ1) is 18.6. The van der Waals surface area contributed by atoms with Crippen molar-refractivity contribution < 1.29 is 4.79 Å². The van der Waals surface area contributed by atoms with Gasteiger partial charge in [0.2, 0.25) is 0 Å². The van der Waals surface area contributed by atoms with E-state index in [9.17, 15) is 9.59 Å². The van der Waals surface area contributed by atoms with Crippen LogP contribution in [-0.2, 0) is 6.54 Å². The lowest BCUT2D eigenvalue weighted by Crippen LogP contribution is -2.48. The number of hydrogen-bond acceptors (Lipinski definition) is 4. The minimum Gasteiger partial charge on any atom is -0.267 e. The lowest BCUT2D eigenvalue weighted by Gasteiger charge is -2.55. The van der Waals surface area contributed by atoms with E-state index in [1.54, 1.807) is 30.5 Å². The van der Waals surface area contributed by atoms with E-state index in [4.69, 9.17) is 0 Å². The number of amides is 1. The number of aryl methyl sites for hydroxylation is 1. The van der Waals surface area contributed by atoms with Crippen LogP contribution in [0, 0.1) is 17.3 Å². The van der Waals surface area contributed by atoms with Crippen molar-refractivity contribution >= 4 is 22.9 Å². The number of aromatic nitrogens is 2. The number of benzene rings is 1. The highest BCUT2D eigenvalue weighted by atomic mass is 16.2. The largest absolute Gasteiger partial charge is 0.292 e. The van der Waals surface area contributed by atoms with Gasteiger partial charge < -0.3 is 0 Å². The Balaban J connectivity index is 1.58. The van der Waals surface area contributed by atoms with E-state index in [0.29, 0.717) is 28.7 Å². The summed E-state index contributed by atoms with van der Waals surface area (Å²) < 4.78 is 1.36. The van der Waals surface area contributed by atoms with Gasteiger partial charge in [0.05, 0.1) is 11.6 Å². The second-order valence-electron chi connectivity index (χ2n) is 8.37. The number of hydrogen-bond donors (Lipinski definition) is 1. The van der Waals surface area contributed by atoms with Crippen molar-refractivity contribution in [2.24, 2.45) is 22.4 Å². The van der Waals surface area contributed by atoms with E-state index in [-0.39, 0.29) is 11.3 Å². The Morgan fingerprint density at radius 1 is 1.36 bits per heavy atom. The molecule has 6 nitrogen and oxygen atoms in total. The van der Waals surface area contributed by atoms with Gasteiger partial charge in [-0.2, -0.15) is 10.2 Å². The van der Waals surface area contributed by atoms with Gasteiger partial charge in [-0.3, -0.25) is 9.59 Å². The van der Waals surface area contributed by atoms with E-state index in [1.165, 1.54) is 16.7 Å². The third-order valence-corrected chi connectivity index (χ3v) is 6.41. The zero-order chi connectivity index (χ0) is 19.9. The van der Waals surface area contributed by atoms with Crippen molar-refractivity contribution in [1.29, 1.82) is 0 Å². The Hall–Kier alpha value is -2.76. The second-order valence-corrected chi connectivity index (χ2v) is 8.37. The lowest BCUT2D eigenvalue weighted by atomic mass is 9.49. The standard InChI is InChI=1S/C22H26N4O2/c1-4-11-26-21(28)17-8-6-5-7-16(17)19(25-26)20(27)24-23-13-14-9-10-15-12-18(14)22(15,2)3/h5-9,13,15,18H,4,10-12H2,1-3H3,(H,24,27)/b23-13+. The molecule has 1 N–H and O–H groups in total. The van der Waals surface area contributed by atoms with Crippen molar-refractivity contribution in [2.75, 3.05) is 0 Å². The van der Waals surface area contributed by atoms with Gasteiger partial charge in [-0.25, -0.2) is 10.1 Å². The molecule has 28 heavy (non-hydrogen) atoms. The second kappa shape index (κ2) is 7.00. The molecule has 1 fully saturated rings. The van der Waals surface area contributed by atoms with E-state index in [1.807, 2.05) is 6.92 Å². The normalized spacial score (nSPS) is 22.8. The summed E-state index contributed by atoms with van der Waals surface area (Å²) in [4.78, 5) is 25.3. The van der Waals surface area contributed by atoms with E-state index in [2.05, 4.69) is 35.5 Å². The van der Waals surface area contributed by atoms with Crippen molar-refractivity contribution in [2.45, 2.75) is 46.6 Å². The van der Waals surface area contributed by atoms with Gasteiger partial charge in [0, 0.05) is 11.9 Å². The van der Waals surface area contributed by atoms with Crippen LogP contribution >= 0.6 is 0 Å². The number of hydrazone groups is 1. The van der Waals surface area contributed by atoms with Crippen LogP contribution in [0.3, 0.4) is 0 Å². The molecule has 2 bridgehead atoms. The van der Waals surface area contributed by atoms with Crippen LogP contribution in [-0.4, -0.2) is 21.9 Å². The fourth-order valence-electron chi connectivity index (χ4n) is 4.53. The Bertz CT molecular complexity index is 1050. The molecule has 0 aliphatic heterocycles. The molecule has 1 heterocycles. The Morgan fingerprint density at radius 2 is 2.11 bits per heavy atom. The average molecular weight is 378 g/mol. The molecule has 0 radical (unpaired) electrons. The summed E-state index contributed by atoms with van der Waals surface area (Å²) in [5.41, 5.74) is 4.16. The smallest absolute Gasteiger partial charge is 0.267 e. The quantitative estimate of drug-likeness (QED) is 0.639. The molecule has 3 aliphatic carbocycles. The molecule has 1 aromatic heterocycles. The van der Waals surface area contributed by atoms with Gasteiger partial charge in [0.25, 0.3) is 11.5 Å². The fraction of sp³-hybridized carbons (Fsp3) is 0.455. The van der Waals surface area contributed by atoms with Gasteiger partial charge in [-0.1, -0.05) is 45.0 Å². The highest BCUT2D eigenvalue weighted by molar-refractivity contribution is 6.04. The Labute approximate surface area is 164 Å². The van der Waals surface area contributed by atoms with Gasteiger partial charge >= 0.3 is 0 Å². The van der Waals surface area contributed by atoms with E-state index in [0.717, 1.165) is 18.8 Å². The molecule has 146 valence electrons. The molecule has 1 saturated carbocycles. The summed E-state index contributed by atoms with van der Waals surface area (Å²) in [6, 6.07) is 7.07. The third-order valence-electron chi connectivity index (χ3n) is 6.41. The zero-order valence-electron chi connectivity index (χ0n) is 16.6. The summed E-state index contributed by atoms with van der Waals surface area (Å²) in [7, 11) is 0. The van der Waals surface area contributed by atoms with Gasteiger partial charge in [0.1, 0.15) is 0 Å². The van der Waals surface area contributed by atoms with Crippen molar-refractivity contribution in [3.05, 3.63) is 52.0 Å². The predicted octanol–water partition coefficient (Wildman–Crippen LogP) is 3.51. The molecule has 0 saturated heterocycles. The highest BCUT2D eigenvalue weighted by Crippen LogP contribution is 2.58. The van der Waals surface area contributed by atoms with Crippen LogP contribution in [0.15, 0.2) is 45.8 Å². The van der Waals surface area contributed by atoms with Crippen LogP contribution < -0.4 is 11.0 Å². The van der Waals surface area contributed by atoms with Crippen molar-refractivity contribution in [3.8, 4) is 0 Å². The molecule has 1 amide bonds. The first-order valence-electron chi connectivity index (χ1n) is 9.96. The molecule has 2 unspecified atom stereocenters. The third kappa shape index (κ3) is 2.97. The number of rotatable bonds is 5. The minimum absolute atomic E-state index is 0.174. The Morgan fingerprint density at radius 3 is 2.79 bits per heavy atom. The molecule has 3 aliphatic rings. The highest BCUT2D eigenvalue weighted by Gasteiger charge is 2.50. The summed E-state index contributed by atoms with van der Waals surface area (Å²) in [5, 5.41) is 9.55. The van der Waals surface area contributed by atoms with Crippen LogP contribution in [0.5, 0.6) is 0 Å². The molecule has 2 aromatic rings. The van der Waals surface area contributed by atoms with Crippen LogP contribution in [0.1, 0.15) is 50.5 Å². The molecule has 1 aromatic carbocycles. The number of carbonyl (C=O) groups is 1. The van der Waals surface area contributed by atoms with Crippen LogP contribution in [0.2, 0.25) is 0 Å². The number of allylic oxidation sites excluding steroid dienone is 2. The van der Waals surface area contributed by atoms with E-state index < -0.39 is 5.91 Å². The maximum Gasteiger partial charge on any atom is 0.292 e. The summed E-state index contributed by atoms with van der Waals surface area (Å²) in [6.45, 7) is 7.05. The maximum absolute atomic E-state index is 12.8. The number of nitrogens with one attached hydrogen (secondary N) is 1. The predicted molar refractivity (Wildman–Crippen MR) is 110 cm³/mol. The number of carbonyl (C=O) groups excluding carboxylic acids is 1. The molecule has 5 rings (SSSR count). The van der Waals surface area contributed by atoms with Crippen LogP contribution in [0.4, 0.5) is 0 Å². The summed E-state index contributed by atoms with van der Waals surface area (Å²) >= 11 is 0. The minimum atomic E-state index is -0.403. The van der Waals surface area contributed by atoms with E-state index >= 15 is 0 Å². The number of nitrogens with zero attached hydrogens (tertiary/aromatic N) is 3. The molecule has 0 spiro atoms. The molecular formula is C22H26N4O2. The Kier molecular flexibility index (Phi) is 4.65. The number of fused-ring (bicyclic) bond motifs is 2. The van der Waals surface area contributed by atoms with Gasteiger partial charge in [-0.05, 0) is 48.2 Å². The first-order valence-corrected chi connectivity index (χ1v) is 9.96. The first-order chi connectivity index (χ1) is 13.4.